The van der Waals surface area contributed by atoms with Crippen molar-refractivity contribution < 1.29 is 17.9 Å². The second kappa shape index (κ2) is 10.3. The molecule has 33 heavy (non-hydrogen) atoms. The van der Waals surface area contributed by atoms with E-state index in [9.17, 15) is 13.2 Å². The number of sulfonamides is 1. The van der Waals surface area contributed by atoms with E-state index in [1.165, 1.54) is 24.3 Å². The van der Waals surface area contributed by atoms with Crippen LogP contribution in [0.2, 0.25) is 0 Å². The zero-order chi connectivity index (χ0) is 24.2. The van der Waals surface area contributed by atoms with E-state index < -0.39 is 10.0 Å². The van der Waals surface area contributed by atoms with Gasteiger partial charge in [-0.25, -0.2) is 23.1 Å². The summed E-state index contributed by atoms with van der Waals surface area (Å²) in [4.78, 5) is 20.5. The van der Waals surface area contributed by atoms with Gasteiger partial charge in [0.25, 0.3) is 15.9 Å². The molecule has 8 nitrogen and oxygen atoms in total. The quantitative estimate of drug-likeness (QED) is 0.431. The third kappa shape index (κ3) is 6.75. The second-order valence-electron chi connectivity index (χ2n) is 7.79. The molecule has 0 fully saturated rings. The van der Waals surface area contributed by atoms with E-state index in [1.807, 2.05) is 18.2 Å². The average molecular weight is 533 g/mol. The first-order valence-electron chi connectivity index (χ1n) is 10.2. The van der Waals surface area contributed by atoms with Gasteiger partial charge in [0, 0.05) is 17.1 Å². The van der Waals surface area contributed by atoms with Gasteiger partial charge in [-0.15, -0.1) is 0 Å². The molecule has 0 saturated heterocycles. The molecule has 0 spiro atoms. The number of aryl methyl sites for hydroxylation is 2. The van der Waals surface area contributed by atoms with Crippen LogP contribution in [0.5, 0.6) is 5.75 Å². The van der Waals surface area contributed by atoms with E-state index in [-0.39, 0.29) is 23.4 Å². The zero-order valence-electron chi connectivity index (χ0n) is 18.7. The Balaban J connectivity index is 1.60. The summed E-state index contributed by atoms with van der Waals surface area (Å²) in [6.07, 6.45) is 0. The van der Waals surface area contributed by atoms with Crippen LogP contribution < -0.4 is 14.8 Å². The highest BCUT2D eigenvalue weighted by Crippen LogP contribution is 2.29. The summed E-state index contributed by atoms with van der Waals surface area (Å²) in [6, 6.07) is 13.3. The predicted molar refractivity (Wildman–Crippen MR) is 131 cm³/mol. The molecular weight excluding hydrogens is 508 g/mol. The van der Waals surface area contributed by atoms with Gasteiger partial charge in [-0.1, -0.05) is 19.9 Å². The number of carbonyl (C=O) groups is 1. The van der Waals surface area contributed by atoms with E-state index in [0.29, 0.717) is 28.7 Å². The molecular formula is C23H25BrN4O4S. The number of ether oxygens (including phenoxy) is 1. The third-order valence-electron chi connectivity index (χ3n) is 4.64. The SMILES string of the molecule is Cc1cc(C)nc(NS(=O)(=O)c2ccc(NC(=O)COc3ccc(C(C)C)cc3Br)cc2)n1. The Morgan fingerprint density at radius 1 is 1.03 bits per heavy atom. The maximum atomic E-state index is 12.6. The van der Waals surface area contributed by atoms with Gasteiger partial charge < -0.3 is 10.1 Å². The summed E-state index contributed by atoms with van der Waals surface area (Å²) in [5.41, 5.74) is 2.92. The van der Waals surface area contributed by atoms with Crippen molar-refractivity contribution >= 4 is 43.5 Å². The van der Waals surface area contributed by atoms with Crippen LogP contribution in [0.4, 0.5) is 11.6 Å². The minimum absolute atomic E-state index is 0.00890. The van der Waals surface area contributed by atoms with Crippen molar-refractivity contribution in [2.75, 3.05) is 16.6 Å². The maximum absolute atomic E-state index is 12.6. The molecule has 0 aliphatic rings. The molecule has 174 valence electrons. The second-order valence-corrected chi connectivity index (χ2v) is 10.3. The van der Waals surface area contributed by atoms with Crippen molar-refractivity contribution in [3.63, 3.8) is 0 Å². The van der Waals surface area contributed by atoms with Crippen LogP contribution in [0.3, 0.4) is 0 Å². The fourth-order valence-corrected chi connectivity index (χ4v) is 4.46. The Kier molecular flexibility index (Phi) is 7.70. The number of rotatable bonds is 8. The number of carbonyl (C=O) groups excluding carboxylic acids is 1. The smallest absolute Gasteiger partial charge is 0.264 e. The van der Waals surface area contributed by atoms with Crippen LogP contribution >= 0.6 is 15.9 Å². The molecule has 1 amide bonds. The number of nitrogens with one attached hydrogen (secondary N) is 2. The number of aromatic nitrogens is 2. The number of amides is 1. The molecule has 0 radical (unpaired) electrons. The molecule has 3 rings (SSSR count). The topological polar surface area (TPSA) is 110 Å². The Morgan fingerprint density at radius 2 is 1.67 bits per heavy atom. The van der Waals surface area contributed by atoms with Crippen molar-refractivity contribution in [3.8, 4) is 5.75 Å². The van der Waals surface area contributed by atoms with Gasteiger partial charge in [-0.2, -0.15) is 0 Å². The molecule has 2 aromatic carbocycles. The van der Waals surface area contributed by atoms with Crippen LogP contribution in [0.25, 0.3) is 0 Å². The summed E-state index contributed by atoms with van der Waals surface area (Å²) >= 11 is 3.46. The molecule has 3 aromatic rings. The first-order valence-corrected chi connectivity index (χ1v) is 12.5. The van der Waals surface area contributed by atoms with Gasteiger partial charge in [0.15, 0.2) is 6.61 Å². The Hall–Kier alpha value is -2.98. The highest BCUT2D eigenvalue weighted by molar-refractivity contribution is 9.10. The van der Waals surface area contributed by atoms with Gasteiger partial charge in [0.05, 0.1) is 9.37 Å². The molecule has 0 atom stereocenters. The van der Waals surface area contributed by atoms with Crippen molar-refractivity contribution in [1.29, 1.82) is 0 Å². The molecule has 0 aliphatic heterocycles. The van der Waals surface area contributed by atoms with Crippen molar-refractivity contribution in [2.45, 2.75) is 38.5 Å². The minimum atomic E-state index is -3.87. The molecule has 0 bridgehead atoms. The summed E-state index contributed by atoms with van der Waals surface area (Å²) < 4.78 is 34.0. The first kappa shape index (κ1) is 24.7. The van der Waals surface area contributed by atoms with E-state index in [4.69, 9.17) is 4.74 Å². The zero-order valence-corrected chi connectivity index (χ0v) is 21.1. The molecule has 1 aromatic heterocycles. The fourth-order valence-electron chi connectivity index (χ4n) is 3.00. The lowest BCUT2D eigenvalue weighted by molar-refractivity contribution is -0.118. The van der Waals surface area contributed by atoms with Crippen molar-refractivity contribution in [2.24, 2.45) is 0 Å². The van der Waals surface area contributed by atoms with Crippen LogP contribution in [-0.4, -0.2) is 30.9 Å². The fraction of sp³-hybridized carbons (Fsp3) is 0.261. The molecule has 2 N–H and O–H groups in total. The highest BCUT2D eigenvalue weighted by atomic mass is 79.9. The van der Waals surface area contributed by atoms with Crippen LogP contribution in [-0.2, 0) is 14.8 Å². The molecule has 1 heterocycles. The van der Waals surface area contributed by atoms with Gasteiger partial charge in [0.1, 0.15) is 5.75 Å². The lowest BCUT2D eigenvalue weighted by atomic mass is 10.0. The lowest BCUT2D eigenvalue weighted by Crippen LogP contribution is -2.20. The Morgan fingerprint density at radius 3 is 2.24 bits per heavy atom. The van der Waals surface area contributed by atoms with Crippen LogP contribution in [0, 0.1) is 13.8 Å². The van der Waals surface area contributed by atoms with E-state index in [1.54, 1.807) is 19.9 Å². The lowest BCUT2D eigenvalue weighted by Gasteiger charge is -2.12. The number of halogens is 1. The summed E-state index contributed by atoms with van der Waals surface area (Å²) in [5.74, 6) is 0.589. The van der Waals surface area contributed by atoms with E-state index >= 15 is 0 Å². The van der Waals surface area contributed by atoms with Crippen molar-refractivity contribution in [3.05, 3.63) is 70.0 Å². The van der Waals surface area contributed by atoms with Gasteiger partial charge >= 0.3 is 0 Å². The standard InChI is InChI=1S/C23H25BrN4O4S/c1-14(2)17-5-10-21(20(24)12-17)32-13-22(29)27-18-6-8-19(9-7-18)33(30,31)28-23-25-15(3)11-16(4)26-23/h5-12,14H,13H2,1-4H3,(H,27,29)(H,25,26,28). The minimum Gasteiger partial charge on any atom is -0.483 e. The first-order chi connectivity index (χ1) is 15.5. The monoisotopic (exact) mass is 532 g/mol. The summed E-state index contributed by atoms with van der Waals surface area (Å²) in [6.45, 7) is 7.52. The van der Waals surface area contributed by atoms with E-state index in [2.05, 4.69) is 49.8 Å². The van der Waals surface area contributed by atoms with Crippen LogP contribution in [0.1, 0.15) is 36.7 Å². The van der Waals surface area contributed by atoms with Gasteiger partial charge in [-0.3, -0.25) is 4.79 Å². The Bertz CT molecular complexity index is 1240. The van der Waals surface area contributed by atoms with Gasteiger partial charge in [0.2, 0.25) is 5.95 Å². The van der Waals surface area contributed by atoms with E-state index in [0.717, 1.165) is 10.0 Å². The maximum Gasteiger partial charge on any atom is 0.264 e. The largest absolute Gasteiger partial charge is 0.483 e. The molecule has 0 saturated carbocycles. The molecule has 0 aliphatic carbocycles. The number of nitrogens with zero attached hydrogens (tertiary/aromatic N) is 2. The summed E-state index contributed by atoms with van der Waals surface area (Å²) in [5, 5.41) is 2.69. The number of hydrogen-bond acceptors (Lipinski definition) is 6. The van der Waals surface area contributed by atoms with Crippen molar-refractivity contribution in [1.82, 2.24) is 9.97 Å². The van der Waals surface area contributed by atoms with Gasteiger partial charge in [-0.05, 0) is 83.7 Å². The number of anilines is 2. The summed E-state index contributed by atoms with van der Waals surface area (Å²) in [7, 11) is -3.87. The normalized spacial score (nSPS) is 11.3. The third-order valence-corrected chi connectivity index (χ3v) is 6.60. The Labute approximate surface area is 202 Å². The molecule has 10 heteroatoms. The van der Waals surface area contributed by atoms with Crippen LogP contribution in [0.15, 0.2) is 57.9 Å². The number of hydrogen-bond donors (Lipinski definition) is 2. The average Bonchev–Trinajstić information content (AvgIpc) is 2.72. The predicted octanol–water partition coefficient (Wildman–Crippen LogP) is 4.80. The molecule has 0 unspecified atom stereocenters. The number of benzene rings is 2. The highest BCUT2D eigenvalue weighted by Gasteiger charge is 2.16.